The van der Waals surface area contributed by atoms with Gasteiger partial charge in [0.1, 0.15) is 12.6 Å². The van der Waals surface area contributed by atoms with E-state index in [-0.39, 0.29) is 24.5 Å². The third-order valence-corrected chi connectivity index (χ3v) is 9.28. The molecule has 0 aliphatic heterocycles. The molecule has 6 nitrogen and oxygen atoms in total. The van der Waals surface area contributed by atoms with Crippen LogP contribution in [0.2, 0.25) is 0 Å². The molecule has 1 atom stereocenters. The number of rotatable bonds is 37. The van der Waals surface area contributed by atoms with Crippen molar-refractivity contribution in [1.82, 2.24) is 5.32 Å². The van der Waals surface area contributed by atoms with Gasteiger partial charge >= 0.3 is 11.9 Å². The number of nitrogens with one attached hydrogen (secondary N) is 1. The number of carbonyl (C=O) groups is 3. The second-order valence-corrected chi connectivity index (χ2v) is 13.9. The lowest BCUT2D eigenvalue weighted by atomic mass is 10.0. The highest BCUT2D eigenvalue weighted by Crippen LogP contribution is 2.19. The number of hydrogen-bond acceptors (Lipinski definition) is 4. The number of ether oxygens (including phenoxy) is 1. The van der Waals surface area contributed by atoms with E-state index in [1.54, 1.807) is 0 Å². The van der Waals surface area contributed by atoms with E-state index in [4.69, 9.17) is 9.84 Å². The third-order valence-electron chi connectivity index (χ3n) is 9.28. The minimum Gasteiger partial charge on any atom is -0.480 e. The van der Waals surface area contributed by atoms with Gasteiger partial charge in [0.05, 0.1) is 0 Å². The van der Waals surface area contributed by atoms with E-state index in [0.717, 1.165) is 64.2 Å². The van der Waals surface area contributed by atoms with Gasteiger partial charge in [-0.1, -0.05) is 174 Å². The van der Waals surface area contributed by atoms with Gasteiger partial charge in [0.2, 0.25) is 5.91 Å². The lowest BCUT2D eigenvalue weighted by Gasteiger charge is -2.18. The molecule has 0 bridgehead atoms. The maximum absolute atomic E-state index is 12.7. The fourth-order valence-electron chi connectivity index (χ4n) is 6.28. The van der Waals surface area contributed by atoms with Crippen molar-refractivity contribution in [3.63, 3.8) is 0 Å². The first kappa shape index (κ1) is 44.4. The van der Waals surface area contributed by atoms with Crippen LogP contribution in [0.25, 0.3) is 0 Å². The lowest BCUT2D eigenvalue weighted by molar-refractivity contribution is -0.150. The first-order chi connectivity index (χ1) is 22.5. The van der Waals surface area contributed by atoms with Crippen LogP contribution in [-0.4, -0.2) is 35.6 Å². The average molecular weight is 652 g/mol. The van der Waals surface area contributed by atoms with E-state index in [0.29, 0.717) is 12.8 Å². The molecule has 0 aromatic carbocycles. The molecule has 0 spiro atoms. The lowest BCUT2D eigenvalue weighted by Crippen LogP contribution is -2.28. The zero-order valence-electron chi connectivity index (χ0n) is 30.7. The fraction of sp³-hybridized carbons (Fsp3) is 0.925. The summed E-state index contributed by atoms with van der Waals surface area (Å²) in [5.74, 6) is -1.21. The molecule has 46 heavy (non-hydrogen) atoms. The second kappa shape index (κ2) is 36.2. The van der Waals surface area contributed by atoms with Gasteiger partial charge in [0.25, 0.3) is 0 Å². The standard InChI is InChI=1S/C40H77NO5/c1-3-5-7-9-11-13-15-16-18-19-21-24-28-32-37(33-29-25-23-26-30-34-38(42)41-36-39(43)44)46-40(45)35-31-27-22-20-17-14-12-10-8-6-4-2/h37H,3-36H2,1-2H3,(H,41,42)(H,43,44). The molecular formula is C40H77NO5. The number of hydrogen-bond donors (Lipinski definition) is 2. The molecule has 2 N–H and O–H groups in total. The Bertz CT molecular complexity index is 683. The second-order valence-electron chi connectivity index (χ2n) is 13.9. The van der Waals surface area contributed by atoms with Crippen molar-refractivity contribution in [3.05, 3.63) is 0 Å². The zero-order chi connectivity index (χ0) is 33.8. The average Bonchev–Trinajstić information content (AvgIpc) is 3.04. The SMILES string of the molecule is CCCCCCCCCCCCCCCC(CCCCCCCC(=O)NCC(=O)O)OC(=O)CCCCCCCCCCCCC. The van der Waals surface area contributed by atoms with E-state index < -0.39 is 5.97 Å². The van der Waals surface area contributed by atoms with Crippen LogP contribution in [0.3, 0.4) is 0 Å². The Labute approximate surface area is 285 Å². The Morgan fingerprint density at radius 3 is 1.17 bits per heavy atom. The smallest absolute Gasteiger partial charge is 0.322 e. The van der Waals surface area contributed by atoms with Crippen molar-refractivity contribution < 1.29 is 24.2 Å². The number of carboxylic acids is 1. The van der Waals surface area contributed by atoms with E-state index in [1.165, 1.54) is 135 Å². The first-order valence-corrected chi connectivity index (χ1v) is 20.2. The summed E-state index contributed by atoms with van der Waals surface area (Å²) in [4.78, 5) is 34.9. The molecule has 0 radical (unpaired) electrons. The number of esters is 1. The molecule has 0 fully saturated rings. The van der Waals surface area contributed by atoms with E-state index >= 15 is 0 Å². The fourth-order valence-corrected chi connectivity index (χ4v) is 6.28. The highest BCUT2D eigenvalue weighted by atomic mass is 16.5. The van der Waals surface area contributed by atoms with Crippen molar-refractivity contribution in [3.8, 4) is 0 Å². The van der Waals surface area contributed by atoms with Crippen molar-refractivity contribution in [2.75, 3.05) is 6.54 Å². The zero-order valence-corrected chi connectivity index (χ0v) is 30.7. The van der Waals surface area contributed by atoms with Crippen LogP contribution < -0.4 is 5.32 Å². The highest BCUT2D eigenvalue weighted by Gasteiger charge is 2.14. The number of amides is 1. The molecule has 0 rings (SSSR count). The number of unbranched alkanes of at least 4 members (excludes halogenated alkanes) is 26. The molecule has 0 aromatic rings. The van der Waals surface area contributed by atoms with Crippen LogP contribution in [0.5, 0.6) is 0 Å². The van der Waals surface area contributed by atoms with Crippen molar-refractivity contribution in [2.45, 2.75) is 232 Å². The summed E-state index contributed by atoms with van der Waals surface area (Å²) in [7, 11) is 0. The summed E-state index contributed by atoms with van der Waals surface area (Å²) < 4.78 is 6.01. The van der Waals surface area contributed by atoms with E-state index in [2.05, 4.69) is 19.2 Å². The maximum Gasteiger partial charge on any atom is 0.322 e. The molecule has 1 amide bonds. The van der Waals surface area contributed by atoms with Gasteiger partial charge in [0, 0.05) is 12.8 Å². The minimum absolute atomic E-state index is 0.0111. The summed E-state index contributed by atoms with van der Waals surface area (Å²) in [5.41, 5.74) is 0. The monoisotopic (exact) mass is 652 g/mol. The van der Waals surface area contributed by atoms with Crippen LogP contribution in [0.15, 0.2) is 0 Å². The number of aliphatic carboxylic acids is 1. The van der Waals surface area contributed by atoms with Gasteiger partial charge in [-0.25, -0.2) is 0 Å². The Balaban J connectivity index is 4.14. The summed E-state index contributed by atoms with van der Waals surface area (Å²) in [6.45, 7) is 4.23. The molecule has 1 unspecified atom stereocenters. The Morgan fingerprint density at radius 2 is 0.804 bits per heavy atom. The molecule has 0 heterocycles. The normalized spacial score (nSPS) is 11.9. The van der Waals surface area contributed by atoms with Crippen molar-refractivity contribution in [1.29, 1.82) is 0 Å². The summed E-state index contributed by atoms with van der Waals surface area (Å²) in [6, 6.07) is 0. The van der Waals surface area contributed by atoms with Gasteiger partial charge in [-0.2, -0.15) is 0 Å². The van der Waals surface area contributed by atoms with Crippen molar-refractivity contribution >= 4 is 17.8 Å². The Morgan fingerprint density at radius 1 is 0.478 bits per heavy atom. The van der Waals surface area contributed by atoms with Gasteiger partial charge in [0.15, 0.2) is 0 Å². The molecule has 0 aromatic heterocycles. The van der Waals surface area contributed by atoms with Crippen LogP contribution in [-0.2, 0) is 19.1 Å². The largest absolute Gasteiger partial charge is 0.480 e. The molecule has 0 saturated carbocycles. The summed E-state index contributed by atoms with van der Waals surface area (Å²) in [5, 5.41) is 11.1. The number of carboxylic acid groups (broad SMARTS) is 1. The van der Waals surface area contributed by atoms with Crippen LogP contribution in [0.4, 0.5) is 0 Å². The topological polar surface area (TPSA) is 92.7 Å². The first-order valence-electron chi connectivity index (χ1n) is 20.2. The van der Waals surface area contributed by atoms with Crippen LogP contribution in [0.1, 0.15) is 226 Å². The molecular weight excluding hydrogens is 574 g/mol. The predicted molar refractivity (Wildman–Crippen MR) is 194 cm³/mol. The van der Waals surface area contributed by atoms with Gasteiger partial charge < -0.3 is 15.2 Å². The summed E-state index contributed by atoms with van der Waals surface area (Å²) >= 11 is 0. The maximum atomic E-state index is 12.7. The predicted octanol–water partition coefficient (Wildman–Crippen LogP) is 12.0. The molecule has 0 aliphatic rings. The molecule has 6 heteroatoms. The van der Waals surface area contributed by atoms with E-state index in [1.807, 2.05) is 0 Å². The van der Waals surface area contributed by atoms with E-state index in [9.17, 15) is 14.4 Å². The molecule has 0 aliphatic carbocycles. The summed E-state index contributed by atoms with van der Waals surface area (Å²) in [6.07, 6.45) is 39.3. The molecule has 0 saturated heterocycles. The van der Waals surface area contributed by atoms with Crippen LogP contribution >= 0.6 is 0 Å². The van der Waals surface area contributed by atoms with Gasteiger partial charge in [-0.15, -0.1) is 0 Å². The molecule has 272 valence electrons. The highest BCUT2D eigenvalue weighted by molar-refractivity contribution is 5.80. The third kappa shape index (κ3) is 35.3. The minimum atomic E-state index is -1.01. The Hall–Kier alpha value is -1.59. The number of carbonyl (C=O) groups excluding carboxylic acids is 2. The van der Waals surface area contributed by atoms with Crippen molar-refractivity contribution in [2.24, 2.45) is 0 Å². The van der Waals surface area contributed by atoms with Crippen LogP contribution in [0, 0.1) is 0 Å². The van der Waals surface area contributed by atoms with Gasteiger partial charge in [-0.05, 0) is 38.5 Å². The van der Waals surface area contributed by atoms with Gasteiger partial charge in [-0.3, -0.25) is 14.4 Å². The quantitative estimate of drug-likeness (QED) is 0.0515. The Kier molecular flexibility index (Phi) is 35.0.